The molecule has 3 N–H and O–H groups in total. The molecule has 0 bridgehead atoms. The van der Waals surface area contributed by atoms with E-state index in [1.165, 1.54) is 6.92 Å². The highest BCUT2D eigenvalue weighted by Crippen LogP contribution is 2.25. The largest absolute Gasteiger partial charge is 0.456 e. The van der Waals surface area contributed by atoms with Gasteiger partial charge in [0.2, 0.25) is 11.8 Å². The first-order valence-electron chi connectivity index (χ1n) is 9.54. The Balaban J connectivity index is 1.72. The fourth-order valence-corrected chi connectivity index (χ4v) is 2.94. The number of aryl methyl sites for hydroxylation is 2. The normalized spacial score (nSPS) is 10.2. The molecular formula is C22H24BrN3O5. The Bertz CT molecular complexity index is 966. The minimum absolute atomic E-state index is 0.0843. The van der Waals surface area contributed by atoms with E-state index in [1.807, 2.05) is 26.0 Å². The summed E-state index contributed by atoms with van der Waals surface area (Å²) in [6.45, 7) is 4.80. The molecule has 2 aromatic rings. The number of ether oxygens (including phenoxy) is 1. The van der Waals surface area contributed by atoms with Gasteiger partial charge in [-0.2, -0.15) is 0 Å². The minimum Gasteiger partial charge on any atom is -0.456 e. The van der Waals surface area contributed by atoms with Crippen molar-refractivity contribution in [2.75, 3.05) is 22.6 Å². The fraction of sp³-hybridized carbons (Fsp3) is 0.273. The van der Waals surface area contributed by atoms with E-state index in [1.54, 1.807) is 24.3 Å². The summed E-state index contributed by atoms with van der Waals surface area (Å²) in [5.74, 6) is -1.66. The zero-order valence-electron chi connectivity index (χ0n) is 17.5. The number of anilines is 3. The Morgan fingerprint density at radius 1 is 0.806 bits per heavy atom. The lowest BCUT2D eigenvalue weighted by molar-refractivity contribution is -0.147. The summed E-state index contributed by atoms with van der Waals surface area (Å²) >= 11 is 3.46. The molecule has 0 aliphatic heterocycles. The van der Waals surface area contributed by atoms with Gasteiger partial charge in [0.1, 0.15) is 0 Å². The number of esters is 1. The van der Waals surface area contributed by atoms with Gasteiger partial charge >= 0.3 is 5.97 Å². The standard InChI is InChI=1S/C22H24BrN3O5/c1-13-10-18(11-14(2)22(13)23)26-20(29)12-31-21(30)9-8-19(28)25-17-6-4-16(5-7-17)24-15(3)27/h4-7,10-11H,8-9,12H2,1-3H3,(H,24,27)(H,25,28)(H,26,29). The molecule has 0 saturated carbocycles. The van der Waals surface area contributed by atoms with Crippen molar-refractivity contribution in [3.05, 3.63) is 52.0 Å². The van der Waals surface area contributed by atoms with Gasteiger partial charge in [0.15, 0.2) is 6.61 Å². The maximum Gasteiger partial charge on any atom is 0.306 e. The summed E-state index contributed by atoms with van der Waals surface area (Å²) in [6.07, 6.45) is -0.238. The Morgan fingerprint density at radius 2 is 1.32 bits per heavy atom. The second-order valence-electron chi connectivity index (χ2n) is 6.94. The summed E-state index contributed by atoms with van der Waals surface area (Å²) in [5.41, 5.74) is 3.71. The maximum absolute atomic E-state index is 12.0. The summed E-state index contributed by atoms with van der Waals surface area (Å²) < 4.78 is 5.90. The van der Waals surface area contributed by atoms with Crippen LogP contribution in [0.15, 0.2) is 40.9 Å². The molecule has 0 aromatic heterocycles. The van der Waals surface area contributed by atoms with Crippen LogP contribution in [0.4, 0.5) is 17.1 Å². The fourth-order valence-electron chi connectivity index (χ4n) is 2.71. The quantitative estimate of drug-likeness (QED) is 0.486. The van der Waals surface area contributed by atoms with Crippen molar-refractivity contribution in [3.63, 3.8) is 0 Å². The van der Waals surface area contributed by atoms with Gasteiger partial charge in [0.05, 0.1) is 6.42 Å². The zero-order valence-corrected chi connectivity index (χ0v) is 19.1. The first-order chi connectivity index (χ1) is 14.6. The van der Waals surface area contributed by atoms with Crippen molar-refractivity contribution in [2.24, 2.45) is 0 Å². The van der Waals surface area contributed by atoms with Crippen LogP contribution in [0.5, 0.6) is 0 Å². The van der Waals surface area contributed by atoms with Gasteiger partial charge in [-0.3, -0.25) is 19.2 Å². The molecule has 0 atom stereocenters. The lowest BCUT2D eigenvalue weighted by Gasteiger charge is -2.10. The number of rotatable bonds is 8. The number of amides is 3. The van der Waals surface area contributed by atoms with Crippen LogP contribution in [-0.2, 0) is 23.9 Å². The Kier molecular flexibility index (Phi) is 8.75. The van der Waals surface area contributed by atoms with Crippen molar-refractivity contribution >= 4 is 56.7 Å². The van der Waals surface area contributed by atoms with Gasteiger partial charge in [-0.25, -0.2) is 0 Å². The van der Waals surface area contributed by atoms with Crippen molar-refractivity contribution < 1.29 is 23.9 Å². The molecule has 0 unspecified atom stereocenters. The average Bonchev–Trinajstić information content (AvgIpc) is 2.70. The van der Waals surface area contributed by atoms with Gasteiger partial charge in [-0.1, -0.05) is 15.9 Å². The summed E-state index contributed by atoms with van der Waals surface area (Å²) in [4.78, 5) is 46.8. The van der Waals surface area contributed by atoms with Crippen LogP contribution in [0.2, 0.25) is 0 Å². The van der Waals surface area contributed by atoms with Gasteiger partial charge in [0.25, 0.3) is 5.91 Å². The number of hydrogen-bond donors (Lipinski definition) is 3. The van der Waals surface area contributed by atoms with Crippen molar-refractivity contribution in [1.82, 2.24) is 0 Å². The van der Waals surface area contributed by atoms with Crippen LogP contribution in [-0.4, -0.2) is 30.3 Å². The lowest BCUT2D eigenvalue weighted by Crippen LogP contribution is -2.22. The third-order valence-electron chi connectivity index (χ3n) is 4.13. The second-order valence-corrected chi connectivity index (χ2v) is 7.73. The van der Waals surface area contributed by atoms with E-state index in [4.69, 9.17) is 4.74 Å². The van der Waals surface area contributed by atoms with Gasteiger partial charge in [-0.05, 0) is 61.4 Å². The van der Waals surface area contributed by atoms with Crippen LogP contribution in [0, 0.1) is 13.8 Å². The van der Waals surface area contributed by atoms with E-state index in [9.17, 15) is 19.2 Å². The van der Waals surface area contributed by atoms with Crippen molar-refractivity contribution in [3.8, 4) is 0 Å². The first-order valence-corrected chi connectivity index (χ1v) is 10.3. The van der Waals surface area contributed by atoms with Crippen LogP contribution in [0.3, 0.4) is 0 Å². The molecule has 0 radical (unpaired) electrons. The van der Waals surface area contributed by atoms with Gasteiger partial charge in [-0.15, -0.1) is 0 Å². The predicted molar refractivity (Wildman–Crippen MR) is 122 cm³/mol. The minimum atomic E-state index is -0.644. The molecule has 164 valence electrons. The Labute approximate surface area is 188 Å². The molecule has 9 heteroatoms. The van der Waals surface area contributed by atoms with E-state index in [2.05, 4.69) is 31.9 Å². The van der Waals surface area contributed by atoms with Gasteiger partial charge < -0.3 is 20.7 Å². The molecule has 2 aromatic carbocycles. The molecule has 0 spiro atoms. The number of hydrogen-bond acceptors (Lipinski definition) is 5. The lowest BCUT2D eigenvalue weighted by atomic mass is 10.1. The number of nitrogens with one attached hydrogen (secondary N) is 3. The maximum atomic E-state index is 12.0. The highest BCUT2D eigenvalue weighted by Gasteiger charge is 2.12. The summed E-state index contributed by atoms with van der Waals surface area (Å²) in [6, 6.07) is 10.2. The molecule has 31 heavy (non-hydrogen) atoms. The highest BCUT2D eigenvalue weighted by molar-refractivity contribution is 9.10. The van der Waals surface area contributed by atoms with E-state index in [0.29, 0.717) is 17.1 Å². The SMILES string of the molecule is CC(=O)Nc1ccc(NC(=O)CCC(=O)OCC(=O)Nc2cc(C)c(Br)c(C)c2)cc1. The molecule has 2 rings (SSSR count). The first kappa shape index (κ1) is 24.1. The molecule has 0 fully saturated rings. The topological polar surface area (TPSA) is 114 Å². The number of carbonyl (C=O) groups excluding carboxylic acids is 4. The van der Waals surface area contributed by atoms with Crippen LogP contribution in [0.1, 0.15) is 30.9 Å². The zero-order chi connectivity index (χ0) is 23.0. The monoisotopic (exact) mass is 489 g/mol. The molecule has 0 heterocycles. The van der Waals surface area contributed by atoms with Crippen LogP contribution < -0.4 is 16.0 Å². The molecule has 8 nitrogen and oxygen atoms in total. The van der Waals surface area contributed by atoms with Crippen LogP contribution in [0.25, 0.3) is 0 Å². The predicted octanol–water partition coefficient (Wildman–Crippen LogP) is 3.92. The van der Waals surface area contributed by atoms with E-state index < -0.39 is 18.5 Å². The number of halogens is 1. The van der Waals surface area contributed by atoms with Crippen molar-refractivity contribution in [2.45, 2.75) is 33.6 Å². The smallest absolute Gasteiger partial charge is 0.306 e. The molecular weight excluding hydrogens is 466 g/mol. The van der Waals surface area contributed by atoms with E-state index in [-0.39, 0.29) is 24.7 Å². The van der Waals surface area contributed by atoms with Gasteiger partial charge in [0, 0.05) is 34.9 Å². The molecule has 0 aliphatic rings. The molecule has 0 aliphatic carbocycles. The van der Waals surface area contributed by atoms with Crippen molar-refractivity contribution in [1.29, 1.82) is 0 Å². The summed E-state index contributed by atoms with van der Waals surface area (Å²) in [7, 11) is 0. The average molecular weight is 490 g/mol. The third-order valence-corrected chi connectivity index (χ3v) is 5.38. The van der Waals surface area contributed by atoms with Crippen LogP contribution >= 0.6 is 15.9 Å². The molecule has 0 saturated heterocycles. The Morgan fingerprint density at radius 3 is 1.87 bits per heavy atom. The molecule has 3 amide bonds. The van der Waals surface area contributed by atoms with E-state index in [0.717, 1.165) is 15.6 Å². The summed E-state index contributed by atoms with van der Waals surface area (Å²) in [5, 5.41) is 7.95. The number of carbonyl (C=O) groups is 4. The number of benzene rings is 2. The Hall–Kier alpha value is -3.20. The second kappa shape index (κ2) is 11.3. The highest BCUT2D eigenvalue weighted by atomic mass is 79.9. The van der Waals surface area contributed by atoms with E-state index >= 15 is 0 Å². The third kappa shape index (κ3) is 8.21.